The standard InChI is InChI=1S/C20H32N2O3S/c1-16-4-6-19(7-5-16)8-9-20-10-12-21(13-11-20)26(23,24)22-14-17(2)25-18(3)15-22/h4-7,17-18,20H,8-15H2,1-3H3. The van der Waals surface area contributed by atoms with Crippen LogP contribution in [0.5, 0.6) is 0 Å². The van der Waals surface area contributed by atoms with E-state index < -0.39 is 10.2 Å². The van der Waals surface area contributed by atoms with Crippen LogP contribution in [0.1, 0.15) is 44.2 Å². The lowest BCUT2D eigenvalue weighted by molar-refractivity contribution is -0.0456. The Labute approximate surface area is 158 Å². The molecule has 2 atom stereocenters. The molecule has 1 aromatic rings. The molecule has 0 N–H and O–H groups in total. The molecule has 26 heavy (non-hydrogen) atoms. The molecular formula is C20H32N2O3S. The molecule has 0 aliphatic carbocycles. The summed E-state index contributed by atoms with van der Waals surface area (Å²) < 4.78 is 34.9. The molecule has 2 heterocycles. The maximum absolute atomic E-state index is 12.9. The molecule has 0 radical (unpaired) electrons. The van der Waals surface area contributed by atoms with Gasteiger partial charge in [0.15, 0.2) is 0 Å². The third kappa shape index (κ3) is 4.85. The number of nitrogens with zero attached hydrogens (tertiary/aromatic N) is 2. The number of rotatable bonds is 5. The van der Waals surface area contributed by atoms with Gasteiger partial charge in [0.1, 0.15) is 0 Å². The Morgan fingerprint density at radius 3 is 2.15 bits per heavy atom. The van der Waals surface area contributed by atoms with Gasteiger partial charge in [-0.05, 0) is 57.9 Å². The monoisotopic (exact) mass is 380 g/mol. The van der Waals surface area contributed by atoms with Gasteiger partial charge in [0, 0.05) is 26.2 Å². The van der Waals surface area contributed by atoms with Gasteiger partial charge < -0.3 is 4.74 Å². The van der Waals surface area contributed by atoms with Gasteiger partial charge >= 0.3 is 0 Å². The lowest BCUT2D eigenvalue weighted by Gasteiger charge is -2.39. The van der Waals surface area contributed by atoms with Crippen LogP contribution in [0.2, 0.25) is 0 Å². The van der Waals surface area contributed by atoms with Crippen molar-refractivity contribution in [3.8, 4) is 0 Å². The molecule has 2 fully saturated rings. The molecule has 2 aliphatic rings. The van der Waals surface area contributed by atoms with Crippen molar-refractivity contribution in [1.82, 2.24) is 8.61 Å². The van der Waals surface area contributed by atoms with Crippen LogP contribution in [0.25, 0.3) is 0 Å². The van der Waals surface area contributed by atoms with Crippen LogP contribution < -0.4 is 0 Å². The molecule has 3 rings (SSSR count). The molecule has 146 valence electrons. The van der Waals surface area contributed by atoms with Crippen LogP contribution in [-0.4, -0.2) is 55.4 Å². The number of hydrogen-bond acceptors (Lipinski definition) is 3. The molecule has 5 nitrogen and oxygen atoms in total. The Balaban J connectivity index is 1.50. The van der Waals surface area contributed by atoms with E-state index in [1.54, 1.807) is 8.61 Å². The molecule has 1 aromatic carbocycles. The van der Waals surface area contributed by atoms with E-state index in [1.807, 2.05) is 13.8 Å². The lowest BCUT2D eigenvalue weighted by Crippen LogP contribution is -2.54. The molecule has 2 aliphatic heterocycles. The van der Waals surface area contributed by atoms with Crippen molar-refractivity contribution in [2.75, 3.05) is 26.2 Å². The maximum atomic E-state index is 12.9. The van der Waals surface area contributed by atoms with E-state index in [1.165, 1.54) is 11.1 Å². The number of piperidine rings is 1. The predicted octanol–water partition coefficient (Wildman–Crippen LogP) is 2.99. The Hall–Kier alpha value is -0.950. The molecule has 2 unspecified atom stereocenters. The zero-order valence-electron chi connectivity index (χ0n) is 16.2. The van der Waals surface area contributed by atoms with E-state index >= 15 is 0 Å². The summed E-state index contributed by atoms with van der Waals surface area (Å²) in [4.78, 5) is 0. The van der Waals surface area contributed by atoms with Gasteiger partial charge in [-0.15, -0.1) is 0 Å². The Morgan fingerprint density at radius 1 is 1.00 bits per heavy atom. The minimum Gasteiger partial charge on any atom is -0.373 e. The Bertz CT molecular complexity index is 672. The maximum Gasteiger partial charge on any atom is 0.282 e. The number of benzene rings is 1. The minimum absolute atomic E-state index is 0.0411. The van der Waals surface area contributed by atoms with Crippen LogP contribution in [0.3, 0.4) is 0 Å². The summed E-state index contributed by atoms with van der Waals surface area (Å²) >= 11 is 0. The van der Waals surface area contributed by atoms with Crippen LogP contribution in [0.4, 0.5) is 0 Å². The molecule has 0 spiro atoms. The fourth-order valence-electron chi connectivity index (χ4n) is 4.04. The van der Waals surface area contributed by atoms with E-state index in [9.17, 15) is 8.42 Å². The van der Waals surface area contributed by atoms with Crippen LogP contribution >= 0.6 is 0 Å². The Morgan fingerprint density at radius 2 is 1.58 bits per heavy atom. The molecule has 0 aromatic heterocycles. The number of morpholine rings is 1. The van der Waals surface area contributed by atoms with E-state index in [4.69, 9.17) is 4.74 Å². The normalized spacial score (nSPS) is 26.9. The van der Waals surface area contributed by atoms with Crippen molar-refractivity contribution in [3.63, 3.8) is 0 Å². The van der Waals surface area contributed by atoms with Crippen molar-refractivity contribution in [1.29, 1.82) is 0 Å². The molecule has 6 heteroatoms. The highest BCUT2D eigenvalue weighted by atomic mass is 32.2. The summed E-state index contributed by atoms with van der Waals surface area (Å²) in [6.45, 7) is 8.18. The molecule has 0 amide bonds. The van der Waals surface area contributed by atoms with Crippen molar-refractivity contribution in [2.45, 2.75) is 58.7 Å². The second-order valence-corrected chi connectivity index (χ2v) is 9.88. The Kier molecular flexibility index (Phi) is 6.38. The lowest BCUT2D eigenvalue weighted by atomic mass is 9.91. The average Bonchev–Trinajstić information content (AvgIpc) is 2.61. The van der Waals surface area contributed by atoms with E-state index in [0.29, 0.717) is 32.1 Å². The first kappa shape index (κ1) is 19.8. The summed E-state index contributed by atoms with van der Waals surface area (Å²) in [7, 11) is -3.36. The van der Waals surface area contributed by atoms with Gasteiger partial charge in [0.25, 0.3) is 10.2 Å². The summed E-state index contributed by atoms with van der Waals surface area (Å²) in [5.74, 6) is 0.616. The summed E-state index contributed by atoms with van der Waals surface area (Å²) in [5.41, 5.74) is 2.67. The fourth-order valence-corrected chi connectivity index (χ4v) is 5.83. The van der Waals surface area contributed by atoms with Gasteiger partial charge in [-0.2, -0.15) is 17.0 Å². The fraction of sp³-hybridized carbons (Fsp3) is 0.700. The van der Waals surface area contributed by atoms with Crippen molar-refractivity contribution in [2.24, 2.45) is 5.92 Å². The summed E-state index contributed by atoms with van der Waals surface area (Å²) in [6, 6.07) is 8.73. The third-order valence-electron chi connectivity index (χ3n) is 5.57. The zero-order valence-corrected chi connectivity index (χ0v) is 17.0. The molecule has 2 saturated heterocycles. The molecule has 0 saturated carbocycles. The highest BCUT2D eigenvalue weighted by Gasteiger charge is 2.36. The van der Waals surface area contributed by atoms with Gasteiger partial charge in [0.2, 0.25) is 0 Å². The minimum atomic E-state index is -3.36. The van der Waals surface area contributed by atoms with E-state index in [0.717, 1.165) is 25.7 Å². The molecular weight excluding hydrogens is 348 g/mol. The second kappa shape index (κ2) is 8.38. The first-order chi connectivity index (χ1) is 12.3. The first-order valence-corrected chi connectivity index (χ1v) is 11.2. The van der Waals surface area contributed by atoms with Gasteiger partial charge in [-0.25, -0.2) is 0 Å². The quantitative estimate of drug-likeness (QED) is 0.789. The molecule has 0 bridgehead atoms. The van der Waals surface area contributed by atoms with Crippen LogP contribution in [-0.2, 0) is 21.4 Å². The first-order valence-electron chi connectivity index (χ1n) is 9.81. The number of ether oxygens (including phenoxy) is 1. The van der Waals surface area contributed by atoms with Crippen LogP contribution in [0, 0.1) is 12.8 Å². The third-order valence-corrected chi connectivity index (χ3v) is 7.54. The van der Waals surface area contributed by atoms with E-state index in [-0.39, 0.29) is 12.2 Å². The van der Waals surface area contributed by atoms with Gasteiger partial charge in [-0.1, -0.05) is 29.8 Å². The average molecular weight is 381 g/mol. The SMILES string of the molecule is Cc1ccc(CCC2CCN(S(=O)(=O)N3CC(C)OC(C)C3)CC2)cc1. The van der Waals surface area contributed by atoms with Crippen molar-refractivity contribution < 1.29 is 13.2 Å². The van der Waals surface area contributed by atoms with Crippen LogP contribution in [0.15, 0.2) is 24.3 Å². The van der Waals surface area contributed by atoms with E-state index in [2.05, 4.69) is 31.2 Å². The van der Waals surface area contributed by atoms with Crippen molar-refractivity contribution in [3.05, 3.63) is 35.4 Å². The zero-order chi connectivity index (χ0) is 18.7. The van der Waals surface area contributed by atoms with Gasteiger partial charge in [0.05, 0.1) is 12.2 Å². The predicted molar refractivity (Wildman–Crippen MR) is 104 cm³/mol. The smallest absolute Gasteiger partial charge is 0.282 e. The number of aryl methyl sites for hydroxylation is 2. The van der Waals surface area contributed by atoms with Crippen molar-refractivity contribution >= 4 is 10.2 Å². The topological polar surface area (TPSA) is 49.9 Å². The second-order valence-electron chi connectivity index (χ2n) is 7.95. The summed E-state index contributed by atoms with van der Waals surface area (Å²) in [6.07, 6.45) is 4.06. The largest absolute Gasteiger partial charge is 0.373 e. The van der Waals surface area contributed by atoms with Gasteiger partial charge in [-0.3, -0.25) is 0 Å². The summed E-state index contributed by atoms with van der Waals surface area (Å²) in [5, 5.41) is 0. The number of hydrogen-bond donors (Lipinski definition) is 0. The highest BCUT2D eigenvalue weighted by molar-refractivity contribution is 7.86. The highest BCUT2D eigenvalue weighted by Crippen LogP contribution is 2.26.